The number of fused-ring (bicyclic) bond motifs is 1. The molecule has 7 nitrogen and oxygen atoms in total. The number of hydrogen-bond donors (Lipinski definition) is 2. The van der Waals surface area contributed by atoms with Crippen LogP contribution in [0, 0.1) is 0 Å². The van der Waals surface area contributed by atoms with Gasteiger partial charge in [-0.1, -0.05) is 5.21 Å². The molecule has 0 aliphatic carbocycles. The summed E-state index contributed by atoms with van der Waals surface area (Å²) in [6.45, 7) is 0.526. The highest BCUT2D eigenvalue weighted by atomic mass is 16.4. The molecule has 0 bridgehead atoms. The van der Waals surface area contributed by atoms with E-state index in [1.54, 1.807) is 10.7 Å². The molecule has 92 valence electrons. The Morgan fingerprint density at radius 3 is 3.00 bits per heavy atom. The van der Waals surface area contributed by atoms with E-state index in [2.05, 4.69) is 15.6 Å². The number of hydrogen-bond acceptors (Lipinski definition) is 4. The second-order valence-electron chi connectivity index (χ2n) is 4.20. The lowest BCUT2D eigenvalue weighted by molar-refractivity contribution is -0.119. The van der Waals surface area contributed by atoms with Crippen molar-refractivity contribution in [1.82, 2.24) is 20.3 Å². The van der Waals surface area contributed by atoms with Crippen LogP contribution in [0.3, 0.4) is 0 Å². The summed E-state index contributed by atoms with van der Waals surface area (Å²) < 4.78 is 1.67. The molecule has 2 aromatic rings. The minimum Gasteiger partial charge on any atom is -0.478 e. The van der Waals surface area contributed by atoms with Crippen LogP contribution < -0.4 is 5.32 Å². The number of nitrogens with zero attached hydrogens (tertiary/aromatic N) is 3. The minimum atomic E-state index is -0.996. The third kappa shape index (κ3) is 1.60. The fourth-order valence-electron chi connectivity index (χ4n) is 2.11. The van der Waals surface area contributed by atoms with E-state index < -0.39 is 5.97 Å². The zero-order valence-electron chi connectivity index (χ0n) is 9.33. The number of aromatic carboxylic acids is 1. The summed E-state index contributed by atoms with van der Waals surface area (Å²) in [6.07, 6.45) is 0.374. The van der Waals surface area contributed by atoms with E-state index in [1.165, 1.54) is 12.1 Å². The summed E-state index contributed by atoms with van der Waals surface area (Å²) >= 11 is 0. The Morgan fingerprint density at radius 1 is 1.50 bits per heavy atom. The quantitative estimate of drug-likeness (QED) is 0.788. The van der Waals surface area contributed by atoms with Crippen LogP contribution in [0.2, 0.25) is 0 Å². The van der Waals surface area contributed by atoms with Gasteiger partial charge in [0, 0.05) is 6.54 Å². The molecule has 2 N–H and O–H groups in total. The Kier molecular flexibility index (Phi) is 2.26. The first-order chi connectivity index (χ1) is 8.65. The Bertz CT molecular complexity index is 649. The maximum atomic E-state index is 11.2. The van der Waals surface area contributed by atoms with Crippen molar-refractivity contribution in [3.63, 3.8) is 0 Å². The van der Waals surface area contributed by atoms with Crippen molar-refractivity contribution in [2.75, 3.05) is 6.54 Å². The van der Waals surface area contributed by atoms with Gasteiger partial charge in [-0.2, -0.15) is 0 Å². The topological polar surface area (TPSA) is 97.1 Å². The van der Waals surface area contributed by atoms with E-state index in [1.807, 2.05) is 0 Å². The molecular weight excluding hydrogens is 236 g/mol. The van der Waals surface area contributed by atoms with Crippen LogP contribution >= 0.6 is 0 Å². The van der Waals surface area contributed by atoms with Gasteiger partial charge in [-0.25, -0.2) is 9.48 Å². The summed E-state index contributed by atoms with van der Waals surface area (Å²) in [5.74, 6) is -1.00. The standard InChI is InChI=1S/C11H10N4O3/c16-10-4-7(5-12-10)15-9-2-1-6(11(17)18)3-8(9)13-14-15/h1-3,7H,4-5H2,(H,12,16)(H,17,18). The third-order valence-electron chi connectivity index (χ3n) is 3.02. The van der Waals surface area contributed by atoms with Crippen LogP contribution in [0.25, 0.3) is 11.0 Å². The maximum absolute atomic E-state index is 11.2. The highest BCUT2D eigenvalue weighted by Crippen LogP contribution is 2.21. The molecule has 0 saturated carbocycles. The predicted molar refractivity (Wildman–Crippen MR) is 61.2 cm³/mol. The number of carboxylic acid groups (broad SMARTS) is 1. The number of carbonyl (C=O) groups excluding carboxylic acids is 1. The molecule has 3 rings (SSSR count). The van der Waals surface area contributed by atoms with Crippen LogP contribution in [-0.2, 0) is 4.79 Å². The Balaban J connectivity index is 2.04. The lowest BCUT2D eigenvalue weighted by Gasteiger charge is -2.07. The van der Waals surface area contributed by atoms with Crippen molar-refractivity contribution in [2.24, 2.45) is 0 Å². The van der Waals surface area contributed by atoms with Crippen molar-refractivity contribution >= 4 is 22.9 Å². The van der Waals surface area contributed by atoms with E-state index in [9.17, 15) is 9.59 Å². The molecule has 7 heteroatoms. The summed E-state index contributed by atoms with van der Waals surface area (Å²) in [4.78, 5) is 22.0. The number of carboxylic acids is 1. The van der Waals surface area contributed by atoms with Gasteiger partial charge in [-0.3, -0.25) is 4.79 Å². The number of amides is 1. The second kappa shape index (κ2) is 3.80. The van der Waals surface area contributed by atoms with Crippen LogP contribution in [0.4, 0.5) is 0 Å². The highest BCUT2D eigenvalue weighted by Gasteiger charge is 2.25. The van der Waals surface area contributed by atoms with Crippen molar-refractivity contribution in [1.29, 1.82) is 0 Å². The number of aromatic nitrogens is 3. The fraction of sp³-hybridized carbons (Fsp3) is 0.273. The lowest BCUT2D eigenvalue weighted by Crippen LogP contribution is -2.16. The zero-order chi connectivity index (χ0) is 12.7. The molecule has 1 amide bonds. The van der Waals surface area contributed by atoms with Gasteiger partial charge in [-0.15, -0.1) is 5.10 Å². The normalized spacial score (nSPS) is 19.1. The van der Waals surface area contributed by atoms with Crippen LogP contribution in [0.5, 0.6) is 0 Å². The molecule has 2 heterocycles. The van der Waals surface area contributed by atoms with E-state index in [0.717, 1.165) is 5.52 Å². The maximum Gasteiger partial charge on any atom is 0.335 e. The van der Waals surface area contributed by atoms with Crippen molar-refractivity contribution in [2.45, 2.75) is 12.5 Å². The first-order valence-electron chi connectivity index (χ1n) is 5.50. The van der Waals surface area contributed by atoms with Gasteiger partial charge in [-0.05, 0) is 18.2 Å². The highest BCUT2D eigenvalue weighted by molar-refractivity contribution is 5.92. The molecule has 0 radical (unpaired) electrons. The number of benzene rings is 1. The van der Waals surface area contributed by atoms with Gasteiger partial charge in [0.05, 0.1) is 23.5 Å². The molecule has 1 saturated heterocycles. The van der Waals surface area contributed by atoms with Gasteiger partial charge in [0.1, 0.15) is 5.52 Å². The SMILES string of the molecule is O=C1CC(n2nnc3cc(C(=O)O)ccc32)CN1. The molecule has 1 fully saturated rings. The van der Waals surface area contributed by atoms with E-state index in [0.29, 0.717) is 18.5 Å². The summed E-state index contributed by atoms with van der Waals surface area (Å²) in [7, 11) is 0. The van der Waals surface area contributed by atoms with Gasteiger partial charge >= 0.3 is 5.97 Å². The van der Waals surface area contributed by atoms with Crippen molar-refractivity contribution in [3.8, 4) is 0 Å². The van der Waals surface area contributed by atoms with Crippen LogP contribution in [0.15, 0.2) is 18.2 Å². The van der Waals surface area contributed by atoms with Gasteiger partial charge < -0.3 is 10.4 Å². The van der Waals surface area contributed by atoms with Gasteiger partial charge in [0.15, 0.2) is 0 Å². The van der Waals surface area contributed by atoms with Crippen molar-refractivity contribution in [3.05, 3.63) is 23.8 Å². The van der Waals surface area contributed by atoms with E-state index >= 15 is 0 Å². The summed E-state index contributed by atoms with van der Waals surface area (Å²) in [6, 6.07) is 4.60. The minimum absolute atomic E-state index is 0.00851. The molecule has 0 spiro atoms. The van der Waals surface area contributed by atoms with Crippen LogP contribution in [0.1, 0.15) is 22.8 Å². The summed E-state index contributed by atoms with van der Waals surface area (Å²) in [5.41, 5.74) is 1.44. The van der Waals surface area contributed by atoms with Crippen molar-refractivity contribution < 1.29 is 14.7 Å². The van der Waals surface area contributed by atoms with Gasteiger partial charge in [0.25, 0.3) is 0 Å². The molecular formula is C11H10N4O3. The van der Waals surface area contributed by atoms with Gasteiger partial charge in [0.2, 0.25) is 5.91 Å². The zero-order valence-corrected chi connectivity index (χ0v) is 9.33. The first kappa shape index (κ1) is 10.7. The smallest absolute Gasteiger partial charge is 0.335 e. The molecule has 1 aliphatic heterocycles. The average Bonchev–Trinajstić information content (AvgIpc) is 2.93. The Hall–Kier alpha value is -2.44. The number of rotatable bonds is 2. The lowest BCUT2D eigenvalue weighted by atomic mass is 10.2. The fourth-order valence-corrected chi connectivity index (χ4v) is 2.11. The number of nitrogens with one attached hydrogen (secondary N) is 1. The number of carbonyl (C=O) groups is 2. The largest absolute Gasteiger partial charge is 0.478 e. The molecule has 18 heavy (non-hydrogen) atoms. The Labute approximate surface area is 101 Å². The second-order valence-corrected chi connectivity index (χ2v) is 4.20. The predicted octanol–water partition coefficient (Wildman–Crippen LogP) is 0.191. The average molecular weight is 246 g/mol. The molecule has 1 atom stereocenters. The summed E-state index contributed by atoms with van der Waals surface area (Å²) in [5, 5.41) is 19.6. The molecule has 1 aliphatic rings. The van der Waals surface area contributed by atoms with E-state index in [-0.39, 0.29) is 17.5 Å². The monoisotopic (exact) mass is 246 g/mol. The Morgan fingerprint density at radius 2 is 2.33 bits per heavy atom. The molecule has 1 unspecified atom stereocenters. The first-order valence-corrected chi connectivity index (χ1v) is 5.50. The third-order valence-corrected chi connectivity index (χ3v) is 3.02. The van der Waals surface area contributed by atoms with E-state index in [4.69, 9.17) is 5.11 Å². The molecule has 1 aromatic heterocycles. The molecule has 1 aromatic carbocycles. The van der Waals surface area contributed by atoms with Crippen LogP contribution in [-0.4, -0.2) is 38.5 Å².